The molecule has 1 aliphatic rings. The van der Waals surface area contributed by atoms with E-state index in [0.717, 1.165) is 0 Å². The summed E-state index contributed by atoms with van der Waals surface area (Å²) in [7, 11) is 0. The molecule has 0 fully saturated rings. The predicted molar refractivity (Wildman–Crippen MR) is 49.8 cm³/mol. The number of ketones is 1. The number of allylic oxidation sites excluding steroid dienone is 2. The van der Waals surface area contributed by atoms with E-state index in [1.807, 2.05) is 13.0 Å². The summed E-state index contributed by atoms with van der Waals surface area (Å²) in [6.07, 6.45) is 4.78. The molecule has 0 amide bonds. The minimum Gasteiger partial charge on any atom is -0.289 e. The van der Waals surface area contributed by atoms with Gasteiger partial charge in [-0.05, 0) is 17.9 Å². The van der Waals surface area contributed by atoms with Gasteiger partial charge in [0.1, 0.15) is 6.07 Å². The van der Waals surface area contributed by atoms with Crippen molar-refractivity contribution >= 4 is 17.6 Å². The lowest BCUT2D eigenvalue weighted by molar-refractivity contribution is -0.111. The molecule has 1 aliphatic carbocycles. The van der Waals surface area contributed by atoms with Crippen molar-refractivity contribution in [1.82, 2.24) is 4.84 Å². The Morgan fingerprint density at radius 1 is 1.77 bits per heavy atom. The zero-order chi connectivity index (χ0) is 9.90. The molecule has 68 valence electrons. The number of nitriles is 1. The second-order valence-electron chi connectivity index (χ2n) is 3.18. The van der Waals surface area contributed by atoms with Gasteiger partial charge in [-0.1, -0.05) is 19.1 Å². The van der Waals surface area contributed by atoms with Gasteiger partial charge in [0, 0.05) is 12.0 Å². The second-order valence-corrected chi connectivity index (χ2v) is 3.45. The van der Waals surface area contributed by atoms with Crippen LogP contribution in [0.2, 0.25) is 0 Å². The number of hydrogen-bond donors (Lipinski definition) is 1. The Hall–Kier alpha value is -1.11. The van der Waals surface area contributed by atoms with Gasteiger partial charge in [-0.3, -0.25) is 4.79 Å². The van der Waals surface area contributed by atoms with E-state index >= 15 is 0 Å². The van der Waals surface area contributed by atoms with Crippen LogP contribution in [-0.2, 0) is 4.79 Å². The largest absolute Gasteiger partial charge is 0.289 e. The molecule has 4 heteroatoms. The molecule has 1 atom stereocenters. The predicted octanol–water partition coefficient (Wildman–Crippen LogP) is 1.32. The van der Waals surface area contributed by atoms with E-state index in [-0.39, 0.29) is 16.8 Å². The third-order valence-corrected chi connectivity index (χ3v) is 2.06. The third-order valence-electron chi connectivity index (χ3n) is 1.92. The van der Waals surface area contributed by atoms with Crippen LogP contribution in [0.1, 0.15) is 6.92 Å². The molecule has 0 spiro atoms. The van der Waals surface area contributed by atoms with Crippen molar-refractivity contribution in [2.45, 2.75) is 6.92 Å². The molecule has 0 bridgehead atoms. The number of rotatable bonds is 2. The molecule has 0 aromatic heterocycles. The van der Waals surface area contributed by atoms with E-state index in [0.29, 0.717) is 6.54 Å². The molecule has 0 heterocycles. The molecule has 1 unspecified atom stereocenters. The summed E-state index contributed by atoms with van der Waals surface area (Å²) in [5, 5.41) is 8.64. The van der Waals surface area contributed by atoms with Crippen molar-refractivity contribution in [2.24, 2.45) is 5.41 Å². The Balaban J connectivity index is 2.94. The normalized spacial score (nSPS) is 26.8. The maximum Gasteiger partial charge on any atom is 0.195 e. The quantitative estimate of drug-likeness (QED) is 0.678. The van der Waals surface area contributed by atoms with E-state index in [4.69, 9.17) is 17.0 Å². The van der Waals surface area contributed by atoms with E-state index in [1.165, 1.54) is 6.08 Å². The Morgan fingerprint density at radius 3 is 3.00 bits per heavy atom. The number of halogens is 1. The van der Waals surface area contributed by atoms with Gasteiger partial charge in [0.2, 0.25) is 0 Å². The topological polar surface area (TPSA) is 52.9 Å². The van der Waals surface area contributed by atoms with Crippen molar-refractivity contribution in [2.75, 3.05) is 6.54 Å². The van der Waals surface area contributed by atoms with Gasteiger partial charge >= 0.3 is 0 Å². The van der Waals surface area contributed by atoms with E-state index in [2.05, 4.69) is 4.84 Å². The van der Waals surface area contributed by atoms with Gasteiger partial charge in [0.05, 0.1) is 5.57 Å². The molecular formula is C9H9ClN2O. The van der Waals surface area contributed by atoms with Gasteiger partial charge in [-0.15, -0.1) is 0 Å². The monoisotopic (exact) mass is 196 g/mol. The Bertz CT molecular complexity index is 327. The van der Waals surface area contributed by atoms with Crippen molar-refractivity contribution in [3.63, 3.8) is 0 Å². The summed E-state index contributed by atoms with van der Waals surface area (Å²) < 4.78 is 0. The fourth-order valence-corrected chi connectivity index (χ4v) is 1.43. The molecule has 0 aliphatic heterocycles. The van der Waals surface area contributed by atoms with Crippen LogP contribution in [0, 0.1) is 16.7 Å². The average Bonchev–Trinajstić information content (AvgIpc) is 2.10. The fourth-order valence-electron chi connectivity index (χ4n) is 1.15. The van der Waals surface area contributed by atoms with Crippen LogP contribution in [0.4, 0.5) is 0 Å². The van der Waals surface area contributed by atoms with Crippen LogP contribution in [0.25, 0.3) is 0 Å². The van der Waals surface area contributed by atoms with Crippen LogP contribution in [0.3, 0.4) is 0 Å². The maximum absolute atomic E-state index is 11.1. The van der Waals surface area contributed by atoms with Gasteiger partial charge in [0.25, 0.3) is 0 Å². The molecule has 0 radical (unpaired) electrons. The Kier molecular flexibility index (Phi) is 2.86. The molecular weight excluding hydrogens is 188 g/mol. The summed E-state index contributed by atoms with van der Waals surface area (Å²) >= 11 is 5.37. The molecule has 0 saturated heterocycles. The average molecular weight is 197 g/mol. The number of carbonyl (C=O) groups excluding carboxylic acids is 1. The highest BCUT2D eigenvalue weighted by Crippen LogP contribution is 2.25. The molecule has 3 nitrogen and oxygen atoms in total. The lowest BCUT2D eigenvalue weighted by Crippen LogP contribution is -2.26. The standard InChI is InChI=1S/C9H9ClN2O/c1-9(6-12-10)3-2-8(13)7(4-9)5-11/h2-4,12H,6H2,1H3. The van der Waals surface area contributed by atoms with Gasteiger partial charge < -0.3 is 0 Å². The van der Waals surface area contributed by atoms with Crippen LogP contribution < -0.4 is 4.84 Å². The smallest absolute Gasteiger partial charge is 0.195 e. The first kappa shape index (κ1) is 9.97. The fraction of sp³-hybridized carbons (Fsp3) is 0.333. The highest BCUT2D eigenvalue weighted by molar-refractivity contribution is 6.13. The first-order chi connectivity index (χ1) is 6.11. The Morgan fingerprint density at radius 2 is 2.46 bits per heavy atom. The highest BCUT2D eigenvalue weighted by Gasteiger charge is 2.24. The maximum atomic E-state index is 11.1. The van der Waals surface area contributed by atoms with Gasteiger partial charge in [-0.2, -0.15) is 5.26 Å². The number of carbonyl (C=O) groups is 1. The second kappa shape index (κ2) is 3.73. The van der Waals surface area contributed by atoms with Crippen molar-refractivity contribution in [3.8, 4) is 6.07 Å². The van der Waals surface area contributed by atoms with Crippen LogP contribution >= 0.6 is 11.8 Å². The summed E-state index contributed by atoms with van der Waals surface area (Å²) in [5.41, 5.74) is -0.169. The summed E-state index contributed by atoms with van der Waals surface area (Å²) in [6, 6.07) is 1.86. The summed E-state index contributed by atoms with van der Waals surface area (Å²) in [4.78, 5) is 13.6. The Labute approximate surface area is 81.8 Å². The van der Waals surface area contributed by atoms with E-state index < -0.39 is 0 Å². The SMILES string of the molecule is CC1(CNCl)C=CC(=O)C(C#N)=C1. The molecule has 0 aromatic carbocycles. The highest BCUT2D eigenvalue weighted by atomic mass is 35.5. The first-order valence-electron chi connectivity index (χ1n) is 3.81. The summed E-state index contributed by atoms with van der Waals surface area (Å²) in [6.45, 7) is 2.38. The molecule has 1 rings (SSSR count). The molecule has 1 N–H and O–H groups in total. The number of hydrogen-bond acceptors (Lipinski definition) is 3. The first-order valence-corrected chi connectivity index (χ1v) is 4.19. The van der Waals surface area contributed by atoms with Crippen molar-refractivity contribution < 1.29 is 4.79 Å². The van der Waals surface area contributed by atoms with Crippen LogP contribution in [0.15, 0.2) is 23.8 Å². The number of nitrogens with one attached hydrogen (secondary N) is 1. The minimum atomic E-state index is -0.347. The van der Waals surface area contributed by atoms with Gasteiger partial charge in [-0.25, -0.2) is 4.84 Å². The zero-order valence-corrected chi connectivity index (χ0v) is 7.93. The lowest BCUT2D eigenvalue weighted by Gasteiger charge is -2.23. The molecule has 13 heavy (non-hydrogen) atoms. The van der Waals surface area contributed by atoms with E-state index in [9.17, 15) is 4.79 Å². The number of nitrogens with zero attached hydrogens (tertiary/aromatic N) is 1. The van der Waals surface area contributed by atoms with Crippen LogP contribution in [0.5, 0.6) is 0 Å². The van der Waals surface area contributed by atoms with Crippen molar-refractivity contribution in [1.29, 1.82) is 5.26 Å². The third kappa shape index (κ3) is 2.18. The lowest BCUT2D eigenvalue weighted by atomic mass is 9.83. The summed E-state index contributed by atoms with van der Waals surface area (Å²) in [5.74, 6) is -0.241. The van der Waals surface area contributed by atoms with Gasteiger partial charge in [0.15, 0.2) is 5.78 Å². The minimum absolute atomic E-state index is 0.178. The van der Waals surface area contributed by atoms with Crippen molar-refractivity contribution in [3.05, 3.63) is 23.8 Å². The molecule has 0 aromatic rings. The van der Waals surface area contributed by atoms with Crippen LogP contribution in [-0.4, -0.2) is 12.3 Å². The zero-order valence-electron chi connectivity index (χ0n) is 7.17. The molecule has 0 saturated carbocycles. The van der Waals surface area contributed by atoms with E-state index in [1.54, 1.807) is 12.2 Å².